The highest BCUT2D eigenvalue weighted by Crippen LogP contribution is 2.51. The number of hydrogen-bond donors (Lipinski definition) is 1. The zero-order valence-corrected chi connectivity index (χ0v) is 12.5. The Bertz CT molecular complexity index is 675. The highest BCUT2D eigenvalue weighted by atomic mass is 16.5. The number of carboxylic acids is 1. The highest BCUT2D eigenvalue weighted by Gasteiger charge is 2.52. The van der Waals surface area contributed by atoms with Gasteiger partial charge in [0.15, 0.2) is 0 Å². The Morgan fingerprint density at radius 3 is 2.90 bits per heavy atom. The summed E-state index contributed by atoms with van der Waals surface area (Å²) in [5.74, 6) is -0.134. The molecule has 0 aromatic carbocycles. The van der Waals surface area contributed by atoms with Gasteiger partial charge < -0.3 is 9.84 Å². The molecule has 1 N–H and O–H groups in total. The molecule has 0 spiro atoms. The maximum absolute atomic E-state index is 12.2. The molecule has 3 rings (SSSR count). The number of pyridine rings is 1. The Balaban J connectivity index is 2.30. The molecule has 1 heterocycles. The molecule has 0 aliphatic heterocycles. The summed E-state index contributed by atoms with van der Waals surface area (Å²) in [4.78, 5) is 16.7. The number of carbonyl (C=O) groups is 1. The van der Waals surface area contributed by atoms with Crippen LogP contribution in [-0.4, -0.2) is 23.2 Å². The van der Waals surface area contributed by atoms with Gasteiger partial charge in [-0.1, -0.05) is 23.8 Å². The summed E-state index contributed by atoms with van der Waals surface area (Å²) >= 11 is 0. The first-order valence-electron chi connectivity index (χ1n) is 7.14. The minimum absolute atomic E-state index is 0.118. The third-order valence-electron chi connectivity index (χ3n) is 4.63. The van der Waals surface area contributed by atoms with Gasteiger partial charge in [0.25, 0.3) is 0 Å². The Hall–Kier alpha value is -2.10. The van der Waals surface area contributed by atoms with E-state index < -0.39 is 11.4 Å². The molecule has 2 bridgehead atoms. The van der Waals surface area contributed by atoms with Crippen molar-refractivity contribution in [2.24, 2.45) is 5.92 Å². The first kappa shape index (κ1) is 13.9. The number of ether oxygens (including phenoxy) is 1. The molecule has 0 saturated heterocycles. The maximum Gasteiger partial charge on any atom is 0.318 e. The van der Waals surface area contributed by atoms with Gasteiger partial charge in [-0.2, -0.15) is 0 Å². The molecule has 2 atom stereocenters. The van der Waals surface area contributed by atoms with Gasteiger partial charge in [-0.3, -0.25) is 4.79 Å². The molecule has 1 aromatic heterocycles. The SMILES string of the molecule is CC=C1[C@H]2C=C(C)C[C@]1(C(=O)O)c1ccc(OC)nc1C2. The van der Waals surface area contributed by atoms with Gasteiger partial charge in [-0.05, 0) is 31.4 Å². The fraction of sp³-hybridized carbons (Fsp3) is 0.412. The number of hydrogen-bond acceptors (Lipinski definition) is 3. The lowest BCUT2D eigenvalue weighted by atomic mass is 9.58. The van der Waals surface area contributed by atoms with Gasteiger partial charge in [0.1, 0.15) is 5.41 Å². The Morgan fingerprint density at radius 1 is 1.52 bits per heavy atom. The van der Waals surface area contributed by atoms with Crippen LogP contribution in [-0.2, 0) is 16.6 Å². The normalized spacial score (nSPS) is 28.8. The standard InChI is InChI=1S/C17H19NO3/c1-4-12-11-7-10(2)9-17(12,16(19)20)13-5-6-15(21-3)18-14(13)8-11/h4-7,11H,8-9H2,1-3H3,(H,19,20)/t11-,17+/m0/s1. The molecule has 21 heavy (non-hydrogen) atoms. The van der Waals surface area contributed by atoms with E-state index in [0.717, 1.165) is 28.8 Å². The predicted octanol–water partition coefficient (Wildman–Crippen LogP) is 2.88. The molecule has 110 valence electrons. The number of rotatable bonds is 2. The zero-order chi connectivity index (χ0) is 15.2. The summed E-state index contributed by atoms with van der Waals surface area (Å²) < 4.78 is 5.18. The third-order valence-corrected chi connectivity index (χ3v) is 4.63. The lowest BCUT2D eigenvalue weighted by Gasteiger charge is -2.44. The van der Waals surface area contributed by atoms with Crippen LogP contribution < -0.4 is 4.74 Å². The molecule has 2 aliphatic carbocycles. The van der Waals surface area contributed by atoms with Crippen molar-refractivity contribution in [1.82, 2.24) is 4.98 Å². The van der Waals surface area contributed by atoms with Gasteiger partial charge >= 0.3 is 5.97 Å². The van der Waals surface area contributed by atoms with Crippen LogP contribution in [0.25, 0.3) is 0 Å². The average molecular weight is 285 g/mol. The quantitative estimate of drug-likeness (QED) is 0.849. The molecule has 4 heteroatoms. The highest BCUT2D eigenvalue weighted by molar-refractivity contribution is 5.88. The van der Waals surface area contributed by atoms with Gasteiger partial charge in [-0.15, -0.1) is 0 Å². The van der Waals surface area contributed by atoms with E-state index in [1.54, 1.807) is 13.2 Å². The summed E-state index contributed by atoms with van der Waals surface area (Å²) in [6.45, 7) is 3.94. The van der Waals surface area contributed by atoms with Crippen molar-refractivity contribution in [2.45, 2.75) is 32.1 Å². The second kappa shape index (κ2) is 4.72. The van der Waals surface area contributed by atoms with Gasteiger partial charge in [0.05, 0.1) is 12.8 Å². The topological polar surface area (TPSA) is 59.4 Å². The van der Waals surface area contributed by atoms with Gasteiger partial charge in [0.2, 0.25) is 5.88 Å². The van der Waals surface area contributed by atoms with Crippen molar-refractivity contribution in [3.63, 3.8) is 0 Å². The van der Waals surface area contributed by atoms with Crippen molar-refractivity contribution < 1.29 is 14.6 Å². The number of carboxylic acid groups (broad SMARTS) is 1. The van der Waals surface area contributed by atoms with E-state index >= 15 is 0 Å². The number of methoxy groups -OCH3 is 1. The summed E-state index contributed by atoms with van der Waals surface area (Å²) in [5, 5.41) is 10.0. The van der Waals surface area contributed by atoms with Gasteiger partial charge in [-0.25, -0.2) is 4.98 Å². The Labute approximate surface area is 124 Å². The van der Waals surface area contributed by atoms with Crippen LogP contribution in [0.1, 0.15) is 31.5 Å². The molecule has 0 fully saturated rings. The smallest absolute Gasteiger partial charge is 0.318 e. The van der Waals surface area contributed by atoms with Crippen molar-refractivity contribution in [3.05, 3.63) is 46.7 Å². The number of aromatic nitrogens is 1. The van der Waals surface area contributed by atoms with Crippen LogP contribution in [0.3, 0.4) is 0 Å². The van der Waals surface area contributed by atoms with Crippen molar-refractivity contribution in [2.75, 3.05) is 7.11 Å². The molecule has 4 nitrogen and oxygen atoms in total. The molecule has 0 unspecified atom stereocenters. The predicted molar refractivity (Wildman–Crippen MR) is 79.4 cm³/mol. The van der Waals surface area contributed by atoms with Crippen LogP contribution in [0.2, 0.25) is 0 Å². The molecule has 0 saturated carbocycles. The Morgan fingerprint density at radius 2 is 2.29 bits per heavy atom. The first-order chi connectivity index (χ1) is 10.0. The fourth-order valence-corrected chi connectivity index (χ4v) is 3.87. The van der Waals surface area contributed by atoms with Crippen molar-refractivity contribution in [3.8, 4) is 5.88 Å². The van der Waals surface area contributed by atoms with E-state index in [1.807, 2.05) is 26.0 Å². The average Bonchev–Trinajstić information content (AvgIpc) is 2.45. The van der Waals surface area contributed by atoms with E-state index in [1.165, 1.54) is 0 Å². The summed E-state index contributed by atoms with van der Waals surface area (Å²) in [7, 11) is 1.58. The number of allylic oxidation sites excluding steroid dienone is 3. The second-order valence-electron chi connectivity index (χ2n) is 5.80. The molecule has 0 amide bonds. The lowest BCUT2D eigenvalue weighted by molar-refractivity contribution is -0.142. The van der Waals surface area contributed by atoms with E-state index in [9.17, 15) is 9.90 Å². The van der Waals surface area contributed by atoms with Crippen molar-refractivity contribution >= 4 is 5.97 Å². The molecule has 1 aromatic rings. The number of aliphatic carboxylic acids is 1. The van der Waals surface area contributed by atoms with Crippen LogP contribution >= 0.6 is 0 Å². The fourth-order valence-electron chi connectivity index (χ4n) is 3.87. The second-order valence-corrected chi connectivity index (χ2v) is 5.80. The number of nitrogens with zero attached hydrogens (tertiary/aromatic N) is 1. The van der Waals surface area contributed by atoms with E-state index in [-0.39, 0.29) is 5.92 Å². The summed E-state index contributed by atoms with van der Waals surface area (Å²) in [6, 6.07) is 3.62. The molecular weight excluding hydrogens is 266 g/mol. The molecule has 0 radical (unpaired) electrons. The monoisotopic (exact) mass is 285 g/mol. The summed E-state index contributed by atoms with van der Waals surface area (Å²) in [6.07, 6.45) is 5.40. The van der Waals surface area contributed by atoms with Crippen LogP contribution in [0.5, 0.6) is 5.88 Å². The lowest BCUT2D eigenvalue weighted by Crippen LogP contribution is -2.46. The van der Waals surface area contributed by atoms with E-state index in [2.05, 4.69) is 11.1 Å². The minimum atomic E-state index is -0.967. The first-order valence-corrected chi connectivity index (χ1v) is 7.14. The van der Waals surface area contributed by atoms with Crippen LogP contribution in [0, 0.1) is 5.92 Å². The van der Waals surface area contributed by atoms with Gasteiger partial charge in [0, 0.05) is 18.4 Å². The number of fused-ring (bicyclic) bond motifs is 4. The third kappa shape index (κ3) is 1.82. The van der Waals surface area contributed by atoms with Crippen LogP contribution in [0.15, 0.2) is 35.4 Å². The Kier molecular flexibility index (Phi) is 3.12. The van der Waals surface area contributed by atoms with E-state index in [4.69, 9.17) is 4.74 Å². The maximum atomic E-state index is 12.2. The molecular formula is C17H19NO3. The van der Waals surface area contributed by atoms with Crippen LogP contribution in [0.4, 0.5) is 0 Å². The van der Waals surface area contributed by atoms with E-state index in [0.29, 0.717) is 12.3 Å². The minimum Gasteiger partial charge on any atom is -0.481 e. The van der Waals surface area contributed by atoms with Crippen molar-refractivity contribution in [1.29, 1.82) is 0 Å². The largest absolute Gasteiger partial charge is 0.481 e. The summed E-state index contributed by atoms with van der Waals surface area (Å²) in [5.41, 5.74) is 2.81. The zero-order valence-electron chi connectivity index (χ0n) is 12.5. The molecule has 2 aliphatic rings.